The first-order chi connectivity index (χ1) is 10.7. The highest BCUT2D eigenvalue weighted by Crippen LogP contribution is 2.31. The molecule has 0 bridgehead atoms. The third kappa shape index (κ3) is 3.44. The molecule has 0 saturated carbocycles. The molecular weight excluding hydrogens is 314 g/mol. The summed E-state index contributed by atoms with van der Waals surface area (Å²) in [6.07, 6.45) is 4.44. The minimum atomic E-state index is -2.97. The van der Waals surface area contributed by atoms with E-state index in [1.54, 1.807) is 0 Å². The summed E-state index contributed by atoms with van der Waals surface area (Å²) in [6.45, 7) is 5.83. The number of rotatable bonds is 2. The minimum absolute atomic E-state index is 0.122. The highest BCUT2D eigenvalue weighted by atomic mass is 32.2. The van der Waals surface area contributed by atoms with Crippen molar-refractivity contribution in [2.24, 2.45) is 0 Å². The van der Waals surface area contributed by atoms with Gasteiger partial charge in [-0.05, 0) is 52.9 Å². The topological polar surface area (TPSA) is 81.1 Å². The normalized spacial score (nSPS) is 23.5. The van der Waals surface area contributed by atoms with Crippen molar-refractivity contribution < 1.29 is 13.2 Å². The number of hydrogen-bond acceptors (Lipinski definition) is 4. The molecule has 2 aliphatic rings. The molecule has 1 aliphatic heterocycles. The van der Waals surface area contributed by atoms with Gasteiger partial charge in [-0.2, -0.15) is 5.10 Å². The van der Waals surface area contributed by atoms with E-state index in [1.807, 2.05) is 25.5 Å². The molecule has 1 fully saturated rings. The van der Waals surface area contributed by atoms with Gasteiger partial charge in [0.05, 0.1) is 17.5 Å². The Labute approximate surface area is 137 Å². The van der Waals surface area contributed by atoms with Gasteiger partial charge in [-0.15, -0.1) is 0 Å². The Morgan fingerprint density at radius 2 is 1.96 bits per heavy atom. The number of carbonyl (C=O) groups is 1. The largest absolute Gasteiger partial charge is 0.346 e. The van der Waals surface area contributed by atoms with Crippen molar-refractivity contribution in [2.75, 3.05) is 11.5 Å². The summed E-state index contributed by atoms with van der Waals surface area (Å²) in [7, 11) is -2.97. The second-order valence-electron chi connectivity index (χ2n) is 7.69. The highest BCUT2D eigenvalue weighted by Gasteiger charge is 2.34. The van der Waals surface area contributed by atoms with Gasteiger partial charge in [0.15, 0.2) is 15.5 Å². The molecule has 1 N–H and O–H groups in total. The Hall–Kier alpha value is -1.37. The predicted molar refractivity (Wildman–Crippen MR) is 88.4 cm³/mol. The lowest BCUT2D eigenvalue weighted by Gasteiger charge is -2.20. The van der Waals surface area contributed by atoms with Crippen LogP contribution in [0.25, 0.3) is 0 Å². The maximum Gasteiger partial charge on any atom is 0.272 e. The molecule has 0 spiro atoms. The first kappa shape index (κ1) is 16.5. The van der Waals surface area contributed by atoms with Gasteiger partial charge in [0.25, 0.3) is 5.91 Å². The van der Waals surface area contributed by atoms with Crippen molar-refractivity contribution in [1.29, 1.82) is 0 Å². The van der Waals surface area contributed by atoms with Crippen LogP contribution in [-0.2, 0) is 22.7 Å². The molecule has 0 aromatic carbocycles. The van der Waals surface area contributed by atoms with Crippen LogP contribution in [0.4, 0.5) is 0 Å². The highest BCUT2D eigenvalue weighted by molar-refractivity contribution is 7.91. The zero-order chi connectivity index (χ0) is 16.8. The van der Waals surface area contributed by atoms with Crippen molar-refractivity contribution in [3.63, 3.8) is 0 Å². The fraction of sp³-hybridized carbons (Fsp3) is 0.750. The molecular formula is C16H25N3O3S. The molecule has 1 aromatic heterocycles. The van der Waals surface area contributed by atoms with Gasteiger partial charge in [-0.1, -0.05) is 0 Å². The van der Waals surface area contributed by atoms with Crippen molar-refractivity contribution in [3.05, 3.63) is 17.0 Å². The summed E-state index contributed by atoms with van der Waals surface area (Å²) in [5, 5.41) is 7.54. The van der Waals surface area contributed by atoms with E-state index in [2.05, 4.69) is 10.4 Å². The van der Waals surface area contributed by atoms with Crippen LogP contribution < -0.4 is 5.32 Å². The molecule has 23 heavy (non-hydrogen) atoms. The molecule has 0 unspecified atom stereocenters. The molecule has 1 saturated heterocycles. The van der Waals surface area contributed by atoms with Gasteiger partial charge in [-0.25, -0.2) is 8.42 Å². The van der Waals surface area contributed by atoms with Gasteiger partial charge in [0.1, 0.15) is 0 Å². The molecule has 128 valence electrons. The molecule has 1 amide bonds. The van der Waals surface area contributed by atoms with Crippen molar-refractivity contribution >= 4 is 15.7 Å². The first-order valence-corrected chi connectivity index (χ1v) is 10.1. The fourth-order valence-corrected chi connectivity index (χ4v) is 5.17. The van der Waals surface area contributed by atoms with Crippen LogP contribution in [0.3, 0.4) is 0 Å². The Morgan fingerprint density at radius 3 is 2.57 bits per heavy atom. The number of nitrogens with zero attached hydrogens (tertiary/aromatic N) is 2. The fourth-order valence-electron chi connectivity index (χ4n) is 3.48. The molecule has 1 aromatic rings. The number of amides is 1. The van der Waals surface area contributed by atoms with E-state index in [4.69, 9.17) is 0 Å². The van der Waals surface area contributed by atoms with Gasteiger partial charge < -0.3 is 5.32 Å². The SMILES string of the molecule is CC(C)(C)NC(=O)c1nn([C@@H]2CCS(=O)(=O)C2)c2c1CCCC2. The second kappa shape index (κ2) is 5.61. The van der Waals surface area contributed by atoms with E-state index < -0.39 is 9.84 Å². The van der Waals surface area contributed by atoms with Gasteiger partial charge in [0, 0.05) is 16.8 Å². The number of aromatic nitrogens is 2. The Morgan fingerprint density at radius 1 is 1.26 bits per heavy atom. The van der Waals surface area contributed by atoms with E-state index in [9.17, 15) is 13.2 Å². The van der Waals surface area contributed by atoms with Gasteiger partial charge in [0.2, 0.25) is 0 Å². The summed E-state index contributed by atoms with van der Waals surface area (Å²) in [4.78, 5) is 12.6. The van der Waals surface area contributed by atoms with Crippen LogP contribution in [-0.4, -0.2) is 41.2 Å². The molecule has 3 rings (SSSR count). The van der Waals surface area contributed by atoms with Crippen molar-refractivity contribution in [1.82, 2.24) is 15.1 Å². The Bertz CT molecular complexity index is 728. The van der Waals surface area contributed by atoms with Crippen LogP contribution in [0.1, 0.15) is 67.8 Å². The van der Waals surface area contributed by atoms with E-state index in [0.717, 1.165) is 36.9 Å². The Kier molecular flexibility index (Phi) is 4.02. The average molecular weight is 339 g/mol. The van der Waals surface area contributed by atoms with Crippen LogP contribution in [0.15, 0.2) is 0 Å². The van der Waals surface area contributed by atoms with E-state index >= 15 is 0 Å². The van der Waals surface area contributed by atoms with Crippen molar-refractivity contribution in [2.45, 2.75) is 64.5 Å². The summed E-state index contributed by atoms with van der Waals surface area (Å²) in [5.41, 5.74) is 2.25. The zero-order valence-electron chi connectivity index (χ0n) is 14.1. The molecule has 2 heterocycles. The third-order valence-electron chi connectivity index (χ3n) is 4.47. The quantitative estimate of drug-likeness (QED) is 0.888. The average Bonchev–Trinajstić information content (AvgIpc) is 2.97. The second-order valence-corrected chi connectivity index (χ2v) is 9.92. The number of sulfone groups is 1. The smallest absolute Gasteiger partial charge is 0.272 e. The number of fused-ring (bicyclic) bond motifs is 1. The predicted octanol–water partition coefficient (Wildman–Crippen LogP) is 1.65. The number of nitrogens with one attached hydrogen (secondary N) is 1. The molecule has 1 atom stereocenters. The molecule has 6 nitrogen and oxygen atoms in total. The first-order valence-electron chi connectivity index (χ1n) is 8.29. The van der Waals surface area contributed by atoms with Gasteiger partial charge >= 0.3 is 0 Å². The number of carbonyl (C=O) groups excluding carboxylic acids is 1. The maximum atomic E-state index is 12.6. The van der Waals surface area contributed by atoms with Gasteiger partial charge in [-0.3, -0.25) is 9.48 Å². The maximum absolute atomic E-state index is 12.6. The summed E-state index contributed by atoms with van der Waals surface area (Å²) < 4.78 is 25.4. The van der Waals surface area contributed by atoms with E-state index in [0.29, 0.717) is 12.1 Å². The lowest BCUT2D eigenvalue weighted by atomic mass is 9.95. The van der Waals surface area contributed by atoms with Crippen LogP contribution in [0.5, 0.6) is 0 Å². The van der Waals surface area contributed by atoms with E-state index in [1.165, 1.54) is 0 Å². The van der Waals surface area contributed by atoms with Crippen LogP contribution >= 0.6 is 0 Å². The van der Waals surface area contributed by atoms with Crippen LogP contribution in [0.2, 0.25) is 0 Å². The molecule has 0 radical (unpaired) electrons. The summed E-state index contributed by atoms with van der Waals surface area (Å²) in [6, 6.07) is -0.122. The standard InChI is InChI=1S/C16H25N3O3S/c1-16(2,3)17-15(20)14-12-6-4-5-7-13(12)19(18-14)11-8-9-23(21,22)10-11/h11H,4-10H2,1-3H3,(H,17,20)/t11-/m1/s1. The van der Waals surface area contributed by atoms with Crippen LogP contribution in [0, 0.1) is 0 Å². The third-order valence-corrected chi connectivity index (χ3v) is 6.22. The Balaban J connectivity index is 1.97. The molecule has 7 heteroatoms. The molecule has 1 aliphatic carbocycles. The zero-order valence-corrected chi connectivity index (χ0v) is 14.9. The van der Waals surface area contributed by atoms with Crippen molar-refractivity contribution in [3.8, 4) is 0 Å². The van der Waals surface area contributed by atoms with E-state index in [-0.39, 0.29) is 29.0 Å². The monoisotopic (exact) mass is 339 g/mol. The minimum Gasteiger partial charge on any atom is -0.346 e. The lowest BCUT2D eigenvalue weighted by Crippen LogP contribution is -2.41. The number of hydrogen-bond donors (Lipinski definition) is 1. The summed E-state index contributed by atoms with van der Waals surface area (Å²) in [5.74, 6) is 0.201. The summed E-state index contributed by atoms with van der Waals surface area (Å²) >= 11 is 0. The lowest BCUT2D eigenvalue weighted by molar-refractivity contribution is 0.0912.